The highest BCUT2D eigenvalue weighted by Crippen LogP contribution is 2.20. The molecule has 0 spiro atoms. The van der Waals surface area contributed by atoms with Crippen LogP contribution < -0.4 is 5.32 Å². The average molecular weight is 415 g/mol. The Morgan fingerprint density at radius 2 is 1.86 bits per heavy atom. The van der Waals surface area contributed by atoms with Crippen molar-refractivity contribution in [3.8, 4) is 0 Å². The molecule has 0 aliphatic heterocycles. The van der Waals surface area contributed by atoms with Crippen LogP contribution in [0.4, 0.5) is 0 Å². The number of amides is 2. The predicted molar refractivity (Wildman–Crippen MR) is 119 cm³/mol. The summed E-state index contributed by atoms with van der Waals surface area (Å²) >= 11 is 6.35. The van der Waals surface area contributed by atoms with Crippen LogP contribution in [0, 0.1) is 6.92 Å². The molecule has 0 aromatic heterocycles. The molecule has 5 heteroatoms. The number of carbonyl (C=O) groups excluding carboxylic acids is 2. The van der Waals surface area contributed by atoms with E-state index in [1.807, 2.05) is 62.4 Å². The van der Waals surface area contributed by atoms with Crippen molar-refractivity contribution in [3.05, 3.63) is 70.2 Å². The number of rotatable bonds is 10. The van der Waals surface area contributed by atoms with Gasteiger partial charge in [-0.25, -0.2) is 0 Å². The summed E-state index contributed by atoms with van der Waals surface area (Å²) in [6.45, 7) is 6.95. The molecule has 2 aromatic carbocycles. The molecule has 0 unspecified atom stereocenters. The van der Waals surface area contributed by atoms with Crippen LogP contribution in [0.25, 0.3) is 0 Å². The van der Waals surface area contributed by atoms with Gasteiger partial charge in [0.25, 0.3) is 0 Å². The second-order valence-corrected chi connectivity index (χ2v) is 7.75. The van der Waals surface area contributed by atoms with Crippen molar-refractivity contribution >= 4 is 23.4 Å². The highest BCUT2D eigenvalue weighted by atomic mass is 35.5. The Kier molecular flexibility index (Phi) is 9.20. The summed E-state index contributed by atoms with van der Waals surface area (Å²) in [4.78, 5) is 27.8. The molecule has 1 N–H and O–H groups in total. The number of nitrogens with zero attached hydrogens (tertiary/aromatic N) is 1. The van der Waals surface area contributed by atoms with Crippen LogP contribution in [-0.4, -0.2) is 29.3 Å². The Hall–Kier alpha value is -2.33. The fraction of sp³-hybridized carbons (Fsp3) is 0.417. The van der Waals surface area contributed by atoms with Gasteiger partial charge in [-0.2, -0.15) is 0 Å². The van der Waals surface area contributed by atoms with Gasteiger partial charge in [0, 0.05) is 18.1 Å². The summed E-state index contributed by atoms with van der Waals surface area (Å²) in [6, 6.07) is 14.8. The molecule has 0 heterocycles. The maximum absolute atomic E-state index is 13.3. The van der Waals surface area contributed by atoms with Gasteiger partial charge in [0.15, 0.2) is 0 Å². The van der Waals surface area contributed by atoms with Crippen LogP contribution >= 0.6 is 11.6 Å². The Bertz CT molecular complexity index is 822. The minimum atomic E-state index is -0.527. The SMILES string of the molecule is CCCCNC(=O)[C@@H](CC)N(Cc1ccccc1Cl)C(=O)Cc1cccc(C)c1. The molecule has 2 amide bonds. The van der Waals surface area contributed by atoms with Crippen molar-refractivity contribution in [2.45, 2.75) is 59.0 Å². The lowest BCUT2D eigenvalue weighted by molar-refractivity contribution is -0.140. The van der Waals surface area contributed by atoms with Gasteiger partial charge in [-0.15, -0.1) is 0 Å². The zero-order valence-corrected chi connectivity index (χ0v) is 18.3. The van der Waals surface area contributed by atoms with Crippen LogP contribution in [0.5, 0.6) is 0 Å². The van der Waals surface area contributed by atoms with Gasteiger partial charge in [-0.1, -0.05) is 79.9 Å². The largest absolute Gasteiger partial charge is 0.354 e. The summed E-state index contributed by atoms with van der Waals surface area (Å²) in [6.07, 6.45) is 2.73. The van der Waals surface area contributed by atoms with E-state index < -0.39 is 6.04 Å². The zero-order chi connectivity index (χ0) is 21.2. The van der Waals surface area contributed by atoms with Crippen molar-refractivity contribution in [1.82, 2.24) is 10.2 Å². The molecule has 0 radical (unpaired) electrons. The lowest BCUT2D eigenvalue weighted by Gasteiger charge is -2.31. The number of nitrogens with one attached hydrogen (secondary N) is 1. The molecule has 0 saturated heterocycles. The second kappa shape index (κ2) is 11.6. The molecule has 0 saturated carbocycles. The first kappa shape index (κ1) is 23.0. The van der Waals surface area contributed by atoms with Gasteiger partial charge in [0.05, 0.1) is 6.42 Å². The fourth-order valence-corrected chi connectivity index (χ4v) is 3.53. The van der Waals surface area contributed by atoms with Crippen molar-refractivity contribution < 1.29 is 9.59 Å². The van der Waals surface area contributed by atoms with E-state index in [0.29, 0.717) is 24.5 Å². The highest BCUT2D eigenvalue weighted by molar-refractivity contribution is 6.31. The molecule has 2 rings (SSSR count). The quantitative estimate of drug-likeness (QED) is 0.561. The van der Waals surface area contributed by atoms with Gasteiger partial charge in [-0.3, -0.25) is 9.59 Å². The van der Waals surface area contributed by atoms with Crippen LogP contribution in [-0.2, 0) is 22.6 Å². The van der Waals surface area contributed by atoms with E-state index in [9.17, 15) is 9.59 Å². The van der Waals surface area contributed by atoms with Gasteiger partial charge >= 0.3 is 0 Å². The van der Waals surface area contributed by atoms with Gasteiger partial charge < -0.3 is 10.2 Å². The lowest BCUT2D eigenvalue weighted by Crippen LogP contribution is -2.49. The maximum atomic E-state index is 13.3. The summed E-state index contributed by atoms with van der Waals surface area (Å²) in [5, 5.41) is 3.58. The lowest BCUT2D eigenvalue weighted by atomic mass is 10.1. The first-order valence-corrected chi connectivity index (χ1v) is 10.7. The minimum absolute atomic E-state index is 0.0759. The Morgan fingerprint density at radius 1 is 1.10 bits per heavy atom. The zero-order valence-electron chi connectivity index (χ0n) is 17.6. The number of carbonyl (C=O) groups is 2. The second-order valence-electron chi connectivity index (χ2n) is 7.35. The number of hydrogen-bond acceptors (Lipinski definition) is 2. The van der Waals surface area contributed by atoms with Crippen molar-refractivity contribution in [2.24, 2.45) is 0 Å². The first-order chi connectivity index (χ1) is 14.0. The number of benzene rings is 2. The van der Waals surface area contributed by atoms with Gasteiger partial charge in [0.1, 0.15) is 6.04 Å². The van der Waals surface area contributed by atoms with E-state index in [-0.39, 0.29) is 18.2 Å². The molecule has 4 nitrogen and oxygen atoms in total. The van der Waals surface area contributed by atoms with E-state index in [1.54, 1.807) is 4.90 Å². The van der Waals surface area contributed by atoms with Crippen LogP contribution in [0.1, 0.15) is 49.8 Å². The third-order valence-electron chi connectivity index (χ3n) is 4.95. The third-order valence-corrected chi connectivity index (χ3v) is 5.32. The Balaban J connectivity index is 2.26. The normalized spacial score (nSPS) is 11.7. The minimum Gasteiger partial charge on any atom is -0.354 e. The summed E-state index contributed by atoms with van der Waals surface area (Å²) in [7, 11) is 0. The van der Waals surface area contributed by atoms with Crippen molar-refractivity contribution in [1.29, 1.82) is 0 Å². The monoisotopic (exact) mass is 414 g/mol. The number of aryl methyl sites for hydroxylation is 1. The highest BCUT2D eigenvalue weighted by Gasteiger charge is 2.28. The van der Waals surface area contributed by atoms with Crippen LogP contribution in [0.3, 0.4) is 0 Å². The number of halogens is 1. The summed E-state index contributed by atoms with van der Waals surface area (Å²) < 4.78 is 0. The smallest absolute Gasteiger partial charge is 0.242 e. The topological polar surface area (TPSA) is 49.4 Å². The summed E-state index contributed by atoms with van der Waals surface area (Å²) in [5.41, 5.74) is 2.89. The molecule has 29 heavy (non-hydrogen) atoms. The number of hydrogen-bond donors (Lipinski definition) is 1. The van der Waals surface area contributed by atoms with Crippen LogP contribution in [0.2, 0.25) is 5.02 Å². The van der Waals surface area contributed by atoms with E-state index in [1.165, 1.54) is 0 Å². The van der Waals surface area contributed by atoms with Crippen molar-refractivity contribution in [2.75, 3.05) is 6.54 Å². The van der Waals surface area contributed by atoms with Crippen LogP contribution in [0.15, 0.2) is 48.5 Å². The maximum Gasteiger partial charge on any atom is 0.242 e. The molecule has 2 aromatic rings. The Labute approximate surface area is 179 Å². The van der Waals surface area contributed by atoms with E-state index >= 15 is 0 Å². The van der Waals surface area contributed by atoms with E-state index in [2.05, 4.69) is 12.2 Å². The molecule has 156 valence electrons. The van der Waals surface area contributed by atoms with E-state index in [4.69, 9.17) is 11.6 Å². The van der Waals surface area contributed by atoms with E-state index in [0.717, 1.165) is 29.5 Å². The Morgan fingerprint density at radius 3 is 2.52 bits per heavy atom. The summed E-state index contributed by atoms with van der Waals surface area (Å²) in [5.74, 6) is -0.182. The molecular weight excluding hydrogens is 384 g/mol. The molecule has 0 fully saturated rings. The van der Waals surface area contributed by atoms with Gasteiger partial charge in [-0.05, 0) is 37.0 Å². The predicted octanol–water partition coefficient (Wildman–Crippen LogP) is 4.91. The average Bonchev–Trinajstić information content (AvgIpc) is 2.69. The fourth-order valence-electron chi connectivity index (χ4n) is 3.33. The molecule has 0 aliphatic carbocycles. The van der Waals surface area contributed by atoms with Crippen molar-refractivity contribution in [3.63, 3.8) is 0 Å². The standard InChI is InChI=1S/C24H31ClN2O2/c1-4-6-14-26-24(29)22(5-2)27(17-20-12-7-8-13-21(20)25)23(28)16-19-11-9-10-18(3)15-19/h7-13,15,22H,4-6,14,16-17H2,1-3H3,(H,26,29)/t22-/m1/s1. The third kappa shape index (κ3) is 6.90. The molecule has 1 atom stereocenters. The number of unbranched alkanes of at least 4 members (excludes halogenated alkanes) is 1. The first-order valence-electron chi connectivity index (χ1n) is 10.3. The molecule has 0 bridgehead atoms. The molecular formula is C24H31ClN2O2. The molecule has 0 aliphatic rings. The van der Waals surface area contributed by atoms with Gasteiger partial charge in [0.2, 0.25) is 11.8 Å².